The Bertz CT molecular complexity index is 1320. The fourth-order valence-electron chi connectivity index (χ4n) is 5.36. The molecule has 204 valence electrons. The van der Waals surface area contributed by atoms with Crippen LogP contribution in [0.1, 0.15) is 41.3 Å². The average molecular weight is 566 g/mol. The van der Waals surface area contributed by atoms with E-state index in [1.165, 1.54) is 5.56 Å². The van der Waals surface area contributed by atoms with E-state index in [4.69, 9.17) is 28.5 Å². The number of piperidine rings is 1. The molecule has 39 heavy (non-hydrogen) atoms. The van der Waals surface area contributed by atoms with Gasteiger partial charge in [-0.15, -0.1) is 0 Å². The van der Waals surface area contributed by atoms with E-state index in [9.17, 15) is 4.79 Å². The zero-order valence-electron chi connectivity index (χ0n) is 21.8. The van der Waals surface area contributed by atoms with E-state index in [2.05, 4.69) is 43.2 Å². The van der Waals surface area contributed by atoms with Gasteiger partial charge >= 0.3 is 0 Å². The van der Waals surface area contributed by atoms with Crippen molar-refractivity contribution in [2.24, 2.45) is 0 Å². The van der Waals surface area contributed by atoms with Gasteiger partial charge in [0.15, 0.2) is 0 Å². The number of carbonyl (C=O) groups excluding carboxylic acids is 1. The van der Waals surface area contributed by atoms with Gasteiger partial charge in [0.2, 0.25) is 0 Å². The Balaban J connectivity index is 0.00000370. The number of pyridine rings is 1. The second-order valence-electron chi connectivity index (χ2n) is 10.2. The second-order valence-corrected chi connectivity index (χ2v) is 11.0. The largest absolute Gasteiger partial charge is 0.353 e. The molecule has 9 heteroatoms. The quantitative estimate of drug-likeness (QED) is 0.424. The summed E-state index contributed by atoms with van der Waals surface area (Å²) < 4.78 is 0. The van der Waals surface area contributed by atoms with Crippen LogP contribution in [0.3, 0.4) is 0 Å². The number of amides is 1. The normalized spacial score (nSPS) is 17.1. The number of piperazine rings is 1. The van der Waals surface area contributed by atoms with Crippen LogP contribution in [-0.4, -0.2) is 66.0 Å². The number of nitrogens with one attached hydrogen (secondary N) is 1. The van der Waals surface area contributed by atoms with Gasteiger partial charge in [-0.3, -0.25) is 14.6 Å². The lowest BCUT2D eigenvalue weighted by molar-refractivity contribution is 0.0950. The predicted molar refractivity (Wildman–Crippen MR) is 157 cm³/mol. The Morgan fingerprint density at radius 3 is 2.28 bits per heavy atom. The molecule has 0 aliphatic carbocycles. The highest BCUT2D eigenvalue weighted by Gasteiger charge is 2.28. The summed E-state index contributed by atoms with van der Waals surface area (Å²) in [6, 6.07) is 19.8. The third-order valence-electron chi connectivity index (χ3n) is 7.63. The minimum Gasteiger partial charge on any atom is -0.353 e. The molecule has 1 aromatic heterocycles. The number of likely N-dealkylation sites (tertiary alicyclic amines) is 1. The monoisotopic (exact) mass is 564 g/mol. The van der Waals surface area contributed by atoms with Gasteiger partial charge in [-0.2, -0.15) is 5.26 Å². The Kier molecular flexibility index (Phi) is 9.00. The van der Waals surface area contributed by atoms with Gasteiger partial charge in [0, 0.05) is 58.0 Å². The third kappa shape index (κ3) is 7.09. The minimum absolute atomic E-state index is 0. The first kappa shape index (κ1) is 27.4. The van der Waals surface area contributed by atoms with Crippen LogP contribution in [0.25, 0.3) is 0 Å². The molecule has 2 aromatic carbocycles. The molecule has 1 N–H and O–H groups in total. The molecule has 2 saturated heterocycles. The SMILES string of the molecule is N#Cc1ccc(CN2CCC(N3CCN(c4ncc(C(=O)NCc5ccc(Cl)cc5)cc4Cl)CC3)CC2)cc1.[HH]. The zero-order valence-corrected chi connectivity index (χ0v) is 23.3. The maximum absolute atomic E-state index is 12.6. The van der Waals surface area contributed by atoms with Gasteiger partial charge < -0.3 is 10.2 Å². The summed E-state index contributed by atoms with van der Waals surface area (Å²) >= 11 is 12.5. The molecule has 2 aliphatic heterocycles. The van der Waals surface area contributed by atoms with Crippen molar-refractivity contribution in [3.8, 4) is 6.07 Å². The number of hydrogen-bond acceptors (Lipinski definition) is 6. The summed E-state index contributed by atoms with van der Waals surface area (Å²) in [5.41, 5.74) is 3.39. The molecule has 5 rings (SSSR count). The summed E-state index contributed by atoms with van der Waals surface area (Å²) in [5.74, 6) is 0.532. The number of hydrogen-bond donors (Lipinski definition) is 1. The first-order valence-electron chi connectivity index (χ1n) is 13.4. The lowest BCUT2D eigenvalue weighted by Crippen LogP contribution is -2.53. The second kappa shape index (κ2) is 12.8. The molecule has 2 fully saturated rings. The minimum atomic E-state index is -0.207. The molecule has 0 bridgehead atoms. The van der Waals surface area contributed by atoms with Crippen LogP contribution in [0.15, 0.2) is 60.8 Å². The van der Waals surface area contributed by atoms with Gasteiger partial charge in [-0.05, 0) is 67.4 Å². The van der Waals surface area contributed by atoms with Crippen LogP contribution in [0.4, 0.5) is 5.82 Å². The molecule has 0 radical (unpaired) electrons. The number of benzene rings is 2. The molecule has 2 aliphatic rings. The van der Waals surface area contributed by atoms with Gasteiger partial charge in [-0.1, -0.05) is 47.5 Å². The van der Waals surface area contributed by atoms with Gasteiger partial charge in [-0.25, -0.2) is 4.98 Å². The van der Waals surface area contributed by atoms with Crippen LogP contribution in [0.5, 0.6) is 0 Å². The number of rotatable bonds is 7. The van der Waals surface area contributed by atoms with Crippen molar-refractivity contribution >= 4 is 34.9 Å². The number of nitrogens with zero attached hydrogens (tertiary/aromatic N) is 5. The van der Waals surface area contributed by atoms with Crippen LogP contribution in [0.2, 0.25) is 10.0 Å². The topological polar surface area (TPSA) is 75.5 Å². The molecule has 0 atom stereocenters. The number of halogens is 2. The van der Waals surface area contributed by atoms with Crippen LogP contribution in [-0.2, 0) is 13.1 Å². The van der Waals surface area contributed by atoms with Crippen molar-refractivity contribution in [1.29, 1.82) is 5.26 Å². The van der Waals surface area contributed by atoms with E-state index in [1.807, 2.05) is 24.3 Å². The van der Waals surface area contributed by atoms with Gasteiger partial charge in [0.25, 0.3) is 5.91 Å². The van der Waals surface area contributed by atoms with Crippen molar-refractivity contribution in [2.45, 2.75) is 32.0 Å². The summed E-state index contributed by atoms with van der Waals surface area (Å²) in [6.45, 7) is 7.18. The number of nitriles is 1. The smallest absolute Gasteiger partial charge is 0.253 e. The van der Waals surface area contributed by atoms with E-state index in [0.717, 1.165) is 70.0 Å². The summed E-state index contributed by atoms with van der Waals surface area (Å²) in [7, 11) is 0. The number of carbonyl (C=O) groups is 1. The van der Waals surface area contributed by atoms with Crippen molar-refractivity contribution in [3.05, 3.63) is 93.1 Å². The van der Waals surface area contributed by atoms with Crippen molar-refractivity contribution in [2.75, 3.05) is 44.2 Å². The van der Waals surface area contributed by atoms with Crippen LogP contribution in [0, 0.1) is 11.3 Å². The highest BCUT2D eigenvalue weighted by molar-refractivity contribution is 6.33. The Morgan fingerprint density at radius 2 is 1.64 bits per heavy atom. The summed E-state index contributed by atoms with van der Waals surface area (Å²) in [4.78, 5) is 24.5. The summed E-state index contributed by atoms with van der Waals surface area (Å²) in [6.07, 6.45) is 3.93. The summed E-state index contributed by atoms with van der Waals surface area (Å²) in [5, 5.41) is 13.1. The lowest BCUT2D eigenvalue weighted by Gasteiger charge is -2.43. The molecule has 3 aromatic rings. The average Bonchev–Trinajstić information content (AvgIpc) is 2.97. The first-order chi connectivity index (χ1) is 19.0. The molecule has 0 unspecified atom stereocenters. The zero-order chi connectivity index (χ0) is 27.2. The molecule has 7 nitrogen and oxygen atoms in total. The van der Waals surface area contributed by atoms with E-state index in [1.54, 1.807) is 24.4 Å². The van der Waals surface area contributed by atoms with E-state index < -0.39 is 0 Å². The molecule has 1 amide bonds. The standard InChI is InChI=1S/C30H32Cl2N6O.H2/c31-26-7-5-23(6-8-26)19-35-30(39)25-17-28(32)29(34-20-25)38-15-13-37(14-16-38)27-9-11-36(12-10-27)21-24-3-1-22(18-33)2-4-24;/h1-8,17,20,27H,9-16,19,21H2,(H,35,39);1H. The molecule has 0 spiro atoms. The Labute approximate surface area is 241 Å². The van der Waals surface area contributed by atoms with Crippen molar-refractivity contribution in [1.82, 2.24) is 20.1 Å². The third-order valence-corrected chi connectivity index (χ3v) is 8.16. The molecular weight excluding hydrogens is 531 g/mol. The first-order valence-corrected chi connectivity index (χ1v) is 14.1. The number of aromatic nitrogens is 1. The van der Waals surface area contributed by atoms with Crippen molar-refractivity contribution in [3.63, 3.8) is 0 Å². The van der Waals surface area contributed by atoms with E-state index in [0.29, 0.717) is 33.8 Å². The molecule has 3 heterocycles. The highest BCUT2D eigenvalue weighted by Crippen LogP contribution is 2.27. The fourth-order valence-corrected chi connectivity index (χ4v) is 5.77. The molecular formula is C30H34Cl2N6O. The molecule has 0 saturated carbocycles. The Hall–Kier alpha value is -3.15. The van der Waals surface area contributed by atoms with Gasteiger partial charge in [0.05, 0.1) is 22.2 Å². The number of anilines is 1. The van der Waals surface area contributed by atoms with Crippen LogP contribution < -0.4 is 10.2 Å². The van der Waals surface area contributed by atoms with Crippen LogP contribution >= 0.6 is 23.2 Å². The van der Waals surface area contributed by atoms with E-state index >= 15 is 0 Å². The highest BCUT2D eigenvalue weighted by atomic mass is 35.5. The van der Waals surface area contributed by atoms with Gasteiger partial charge in [0.1, 0.15) is 5.82 Å². The predicted octanol–water partition coefficient (Wildman–Crippen LogP) is 5.22. The lowest BCUT2D eigenvalue weighted by atomic mass is 10.0. The Morgan fingerprint density at radius 1 is 0.974 bits per heavy atom. The van der Waals surface area contributed by atoms with E-state index in [-0.39, 0.29) is 7.33 Å². The maximum Gasteiger partial charge on any atom is 0.253 e. The maximum atomic E-state index is 12.6. The van der Waals surface area contributed by atoms with Crippen molar-refractivity contribution < 1.29 is 6.22 Å². The fraction of sp³-hybridized carbons (Fsp3) is 0.367.